The van der Waals surface area contributed by atoms with Gasteiger partial charge in [0.05, 0.1) is 6.04 Å². The largest absolute Gasteiger partial charge is 0.388 e. The standard InChI is InChI=1S/C16H22N4O/c1-16(2,3)12-6-4-11(5-7-12)13-8-9-17-15-18-14(10-21)19-20(13)15/h4-7,13,21H,8-10H2,1-3H3,(H,17,18,19). The van der Waals surface area contributed by atoms with E-state index >= 15 is 0 Å². The van der Waals surface area contributed by atoms with Gasteiger partial charge in [0.1, 0.15) is 6.61 Å². The Hall–Kier alpha value is -1.88. The normalized spacial score (nSPS) is 18.2. The molecule has 1 aliphatic rings. The Morgan fingerprint density at radius 3 is 2.62 bits per heavy atom. The molecule has 5 heteroatoms. The van der Waals surface area contributed by atoms with E-state index in [9.17, 15) is 5.11 Å². The molecular formula is C16H22N4O. The van der Waals surface area contributed by atoms with Crippen molar-refractivity contribution in [2.45, 2.75) is 45.3 Å². The molecule has 0 saturated carbocycles. The summed E-state index contributed by atoms with van der Waals surface area (Å²) in [6, 6.07) is 8.94. The summed E-state index contributed by atoms with van der Waals surface area (Å²) in [5.41, 5.74) is 2.73. The summed E-state index contributed by atoms with van der Waals surface area (Å²) in [7, 11) is 0. The molecule has 1 aliphatic heterocycles. The topological polar surface area (TPSA) is 63.0 Å². The van der Waals surface area contributed by atoms with Gasteiger partial charge in [-0.2, -0.15) is 10.1 Å². The predicted octanol–water partition coefficient (Wildman–Crippen LogP) is 2.47. The maximum Gasteiger partial charge on any atom is 0.222 e. The molecule has 5 nitrogen and oxygen atoms in total. The number of rotatable bonds is 2. The number of anilines is 1. The second kappa shape index (κ2) is 5.15. The van der Waals surface area contributed by atoms with Crippen molar-refractivity contribution in [2.24, 2.45) is 0 Å². The molecule has 21 heavy (non-hydrogen) atoms. The first-order valence-electron chi connectivity index (χ1n) is 7.39. The predicted molar refractivity (Wildman–Crippen MR) is 82.3 cm³/mol. The first-order valence-corrected chi connectivity index (χ1v) is 7.39. The lowest BCUT2D eigenvalue weighted by Crippen LogP contribution is -2.24. The summed E-state index contributed by atoms with van der Waals surface area (Å²) in [4.78, 5) is 4.29. The van der Waals surface area contributed by atoms with Gasteiger partial charge in [-0.15, -0.1) is 0 Å². The fourth-order valence-electron chi connectivity index (χ4n) is 2.73. The molecular weight excluding hydrogens is 264 g/mol. The van der Waals surface area contributed by atoms with Crippen molar-refractivity contribution >= 4 is 5.95 Å². The van der Waals surface area contributed by atoms with Crippen LogP contribution in [0.5, 0.6) is 0 Å². The number of aromatic nitrogens is 3. The molecule has 112 valence electrons. The second-order valence-electron chi connectivity index (χ2n) is 6.56. The summed E-state index contributed by atoms with van der Waals surface area (Å²) < 4.78 is 1.89. The Morgan fingerprint density at radius 2 is 2.00 bits per heavy atom. The first kappa shape index (κ1) is 14.1. The summed E-state index contributed by atoms with van der Waals surface area (Å²) in [5.74, 6) is 1.21. The number of aliphatic hydroxyl groups excluding tert-OH is 1. The number of benzene rings is 1. The number of hydrogen-bond donors (Lipinski definition) is 2. The lowest BCUT2D eigenvalue weighted by molar-refractivity contribution is 0.270. The minimum absolute atomic E-state index is 0.128. The maximum atomic E-state index is 9.20. The van der Waals surface area contributed by atoms with Crippen LogP contribution in [-0.4, -0.2) is 26.4 Å². The third kappa shape index (κ3) is 2.65. The molecule has 0 aliphatic carbocycles. The Kier molecular flexibility index (Phi) is 3.45. The SMILES string of the molecule is CC(C)(C)c1ccc(C2CCNc3nc(CO)nn32)cc1. The number of aliphatic hydroxyl groups is 1. The van der Waals surface area contributed by atoms with E-state index in [0.717, 1.165) is 18.9 Å². The van der Waals surface area contributed by atoms with Gasteiger partial charge in [0.2, 0.25) is 5.95 Å². The highest BCUT2D eigenvalue weighted by Crippen LogP contribution is 2.30. The number of hydrogen-bond acceptors (Lipinski definition) is 4. The fraction of sp³-hybridized carbons (Fsp3) is 0.500. The third-order valence-corrected chi connectivity index (χ3v) is 3.97. The summed E-state index contributed by atoms with van der Waals surface area (Å²) in [5, 5.41) is 16.8. The Balaban J connectivity index is 1.93. The minimum Gasteiger partial charge on any atom is -0.388 e. The molecule has 1 aromatic carbocycles. The van der Waals surface area contributed by atoms with E-state index in [4.69, 9.17) is 0 Å². The van der Waals surface area contributed by atoms with Crippen LogP contribution in [0.25, 0.3) is 0 Å². The summed E-state index contributed by atoms with van der Waals surface area (Å²) >= 11 is 0. The molecule has 0 saturated heterocycles. The van der Waals surface area contributed by atoms with Gasteiger partial charge < -0.3 is 10.4 Å². The summed E-state index contributed by atoms with van der Waals surface area (Å²) in [6.07, 6.45) is 0.968. The Labute approximate surface area is 125 Å². The minimum atomic E-state index is -0.128. The number of nitrogens with one attached hydrogen (secondary N) is 1. The van der Waals surface area contributed by atoms with Crippen molar-refractivity contribution in [3.63, 3.8) is 0 Å². The van der Waals surface area contributed by atoms with Crippen LogP contribution in [0.1, 0.15) is 50.2 Å². The van der Waals surface area contributed by atoms with Crippen LogP contribution in [0, 0.1) is 0 Å². The van der Waals surface area contributed by atoms with E-state index in [1.807, 2.05) is 4.68 Å². The molecule has 1 aromatic heterocycles. The average molecular weight is 286 g/mol. The zero-order valence-corrected chi connectivity index (χ0v) is 12.8. The molecule has 2 N–H and O–H groups in total. The smallest absolute Gasteiger partial charge is 0.222 e. The van der Waals surface area contributed by atoms with Crippen molar-refractivity contribution < 1.29 is 5.11 Å². The highest BCUT2D eigenvalue weighted by molar-refractivity contribution is 5.35. The number of fused-ring (bicyclic) bond motifs is 1. The Morgan fingerprint density at radius 1 is 1.29 bits per heavy atom. The van der Waals surface area contributed by atoms with Crippen LogP contribution in [0.4, 0.5) is 5.95 Å². The highest BCUT2D eigenvalue weighted by atomic mass is 16.3. The van der Waals surface area contributed by atoms with Gasteiger partial charge in [-0.3, -0.25) is 0 Å². The average Bonchev–Trinajstić information content (AvgIpc) is 2.89. The maximum absolute atomic E-state index is 9.20. The van der Waals surface area contributed by atoms with Gasteiger partial charge in [0, 0.05) is 6.54 Å². The van der Waals surface area contributed by atoms with E-state index in [1.165, 1.54) is 11.1 Å². The fourth-order valence-corrected chi connectivity index (χ4v) is 2.73. The van der Waals surface area contributed by atoms with Gasteiger partial charge in [-0.25, -0.2) is 4.68 Å². The van der Waals surface area contributed by atoms with Crippen LogP contribution in [0.3, 0.4) is 0 Å². The molecule has 0 amide bonds. The quantitative estimate of drug-likeness (QED) is 0.890. The number of nitrogens with zero attached hydrogens (tertiary/aromatic N) is 3. The van der Waals surface area contributed by atoms with Crippen LogP contribution in [0.2, 0.25) is 0 Å². The molecule has 0 bridgehead atoms. The van der Waals surface area contributed by atoms with Crippen molar-refractivity contribution in [2.75, 3.05) is 11.9 Å². The monoisotopic (exact) mass is 286 g/mol. The molecule has 0 spiro atoms. The van der Waals surface area contributed by atoms with E-state index < -0.39 is 0 Å². The van der Waals surface area contributed by atoms with Gasteiger partial charge in [0.15, 0.2) is 5.82 Å². The molecule has 1 unspecified atom stereocenters. The zero-order chi connectivity index (χ0) is 15.0. The van der Waals surface area contributed by atoms with Crippen molar-refractivity contribution in [3.8, 4) is 0 Å². The van der Waals surface area contributed by atoms with E-state index in [2.05, 4.69) is 60.4 Å². The van der Waals surface area contributed by atoms with E-state index in [-0.39, 0.29) is 18.1 Å². The molecule has 0 radical (unpaired) electrons. The van der Waals surface area contributed by atoms with Crippen LogP contribution in [0.15, 0.2) is 24.3 Å². The second-order valence-corrected chi connectivity index (χ2v) is 6.56. The van der Waals surface area contributed by atoms with Gasteiger partial charge in [-0.05, 0) is 23.0 Å². The lowest BCUT2D eigenvalue weighted by Gasteiger charge is -2.26. The van der Waals surface area contributed by atoms with Crippen molar-refractivity contribution in [1.29, 1.82) is 0 Å². The van der Waals surface area contributed by atoms with Crippen LogP contribution < -0.4 is 5.32 Å². The van der Waals surface area contributed by atoms with E-state index in [0.29, 0.717) is 5.82 Å². The Bertz CT molecular complexity index is 625. The first-order chi connectivity index (χ1) is 9.99. The van der Waals surface area contributed by atoms with E-state index in [1.54, 1.807) is 0 Å². The molecule has 0 fully saturated rings. The van der Waals surface area contributed by atoms with Crippen LogP contribution >= 0.6 is 0 Å². The van der Waals surface area contributed by atoms with Crippen molar-refractivity contribution in [1.82, 2.24) is 14.8 Å². The van der Waals surface area contributed by atoms with Crippen molar-refractivity contribution in [3.05, 3.63) is 41.2 Å². The molecule has 1 atom stereocenters. The highest BCUT2D eigenvalue weighted by Gasteiger charge is 2.24. The van der Waals surface area contributed by atoms with Crippen LogP contribution in [-0.2, 0) is 12.0 Å². The molecule has 2 aromatic rings. The zero-order valence-electron chi connectivity index (χ0n) is 12.8. The van der Waals surface area contributed by atoms with Gasteiger partial charge in [-0.1, -0.05) is 45.0 Å². The van der Waals surface area contributed by atoms with Gasteiger partial charge in [0.25, 0.3) is 0 Å². The molecule has 3 rings (SSSR count). The summed E-state index contributed by atoms with van der Waals surface area (Å²) in [6.45, 7) is 7.40. The third-order valence-electron chi connectivity index (χ3n) is 3.97. The lowest BCUT2D eigenvalue weighted by atomic mass is 9.86. The van der Waals surface area contributed by atoms with Gasteiger partial charge >= 0.3 is 0 Å². The molecule has 2 heterocycles.